The first-order valence-electron chi connectivity index (χ1n) is 6.86. The van der Waals surface area contributed by atoms with Gasteiger partial charge in [-0.15, -0.1) is 0 Å². The molecule has 0 unspecified atom stereocenters. The van der Waals surface area contributed by atoms with E-state index >= 15 is 0 Å². The first kappa shape index (κ1) is 16.6. The van der Waals surface area contributed by atoms with Crippen LogP contribution in [0.1, 0.15) is 19.4 Å². The Hall–Kier alpha value is -1.79. The third-order valence-corrected chi connectivity index (χ3v) is 3.81. The van der Waals surface area contributed by atoms with Crippen LogP contribution in [0.5, 0.6) is 11.5 Å². The minimum Gasteiger partial charge on any atom is -0.493 e. The first-order valence-corrected chi connectivity index (χ1v) is 7.65. The molecule has 0 aliphatic carbocycles. The van der Waals surface area contributed by atoms with Gasteiger partial charge in [0.25, 0.3) is 5.91 Å². The van der Waals surface area contributed by atoms with Crippen molar-refractivity contribution >= 4 is 40.9 Å². The molecule has 7 heteroatoms. The van der Waals surface area contributed by atoms with Crippen molar-refractivity contribution < 1.29 is 14.3 Å². The molecule has 1 fully saturated rings. The van der Waals surface area contributed by atoms with Crippen LogP contribution in [0, 0.1) is 0 Å². The summed E-state index contributed by atoms with van der Waals surface area (Å²) in [7, 11) is 1.55. The highest BCUT2D eigenvalue weighted by Crippen LogP contribution is 2.34. The number of ether oxygens (including phenoxy) is 2. The van der Waals surface area contributed by atoms with Gasteiger partial charge >= 0.3 is 0 Å². The van der Waals surface area contributed by atoms with Crippen molar-refractivity contribution in [2.75, 3.05) is 20.3 Å². The van der Waals surface area contributed by atoms with Crippen LogP contribution in [0.3, 0.4) is 0 Å². The Bertz CT molecular complexity index is 646. The van der Waals surface area contributed by atoms with E-state index in [1.165, 1.54) is 4.90 Å². The van der Waals surface area contributed by atoms with Crippen molar-refractivity contribution in [2.24, 2.45) is 0 Å². The van der Waals surface area contributed by atoms with Crippen molar-refractivity contribution in [3.63, 3.8) is 0 Å². The zero-order chi connectivity index (χ0) is 16.3. The van der Waals surface area contributed by atoms with Gasteiger partial charge in [0.2, 0.25) is 0 Å². The molecule has 1 aromatic carbocycles. The SMILES string of the molecule is CCOc1cc(Cl)c(/C=C2\NC(=S)N(CC)C2=O)cc1OC. The van der Waals surface area contributed by atoms with E-state index in [1.807, 2.05) is 13.8 Å². The number of benzene rings is 1. The molecular weight excluding hydrogens is 324 g/mol. The van der Waals surface area contributed by atoms with Crippen molar-refractivity contribution in [1.29, 1.82) is 0 Å². The number of thiocarbonyl (C=S) groups is 1. The predicted octanol–water partition coefficient (Wildman–Crippen LogP) is 2.82. The van der Waals surface area contributed by atoms with Crippen molar-refractivity contribution in [1.82, 2.24) is 10.2 Å². The predicted molar refractivity (Wildman–Crippen MR) is 90.3 cm³/mol. The molecule has 0 bridgehead atoms. The lowest BCUT2D eigenvalue weighted by Crippen LogP contribution is -2.30. The zero-order valence-electron chi connectivity index (χ0n) is 12.6. The second kappa shape index (κ2) is 6.98. The number of amides is 1. The summed E-state index contributed by atoms with van der Waals surface area (Å²) in [6.07, 6.45) is 1.66. The molecule has 0 radical (unpaired) electrons. The van der Waals surface area contributed by atoms with Crippen LogP contribution in [-0.2, 0) is 4.79 Å². The van der Waals surface area contributed by atoms with Gasteiger partial charge in [-0.05, 0) is 43.8 Å². The standard InChI is InChI=1S/C15H17ClN2O3S/c1-4-18-14(19)11(17-15(18)22)6-9-7-12(20-3)13(21-5-2)8-10(9)16/h6-8H,4-5H2,1-3H3,(H,17,22)/b11-6-. The van der Waals surface area contributed by atoms with Crippen LogP contribution in [-0.4, -0.2) is 36.2 Å². The number of carbonyl (C=O) groups is 1. The maximum atomic E-state index is 12.2. The number of nitrogens with zero attached hydrogens (tertiary/aromatic N) is 1. The van der Waals surface area contributed by atoms with Gasteiger partial charge in [-0.2, -0.15) is 0 Å². The van der Waals surface area contributed by atoms with Gasteiger partial charge in [0, 0.05) is 12.6 Å². The molecule has 1 heterocycles. The molecule has 0 spiro atoms. The van der Waals surface area contributed by atoms with E-state index in [4.69, 9.17) is 33.3 Å². The number of methoxy groups -OCH3 is 1. The van der Waals surface area contributed by atoms with Gasteiger partial charge in [-0.25, -0.2) is 0 Å². The molecule has 118 valence electrons. The summed E-state index contributed by atoms with van der Waals surface area (Å²) >= 11 is 11.4. The van der Waals surface area contributed by atoms with Crippen LogP contribution < -0.4 is 14.8 Å². The summed E-state index contributed by atoms with van der Waals surface area (Å²) in [4.78, 5) is 13.7. The molecule has 0 atom stereocenters. The van der Waals surface area contributed by atoms with Gasteiger partial charge in [0.1, 0.15) is 5.70 Å². The molecule has 5 nitrogen and oxygen atoms in total. The minimum atomic E-state index is -0.170. The van der Waals surface area contributed by atoms with Gasteiger partial charge in [-0.3, -0.25) is 9.69 Å². The highest BCUT2D eigenvalue weighted by atomic mass is 35.5. The smallest absolute Gasteiger partial charge is 0.276 e. The zero-order valence-corrected chi connectivity index (χ0v) is 14.2. The van der Waals surface area contributed by atoms with E-state index in [2.05, 4.69) is 5.32 Å². The van der Waals surface area contributed by atoms with Gasteiger partial charge in [-0.1, -0.05) is 11.6 Å². The lowest BCUT2D eigenvalue weighted by Gasteiger charge is -2.11. The van der Waals surface area contributed by atoms with Crippen LogP contribution in [0.4, 0.5) is 0 Å². The van der Waals surface area contributed by atoms with E-state index in [9.17, 15) is 4.79 Å². The number of hydrogen-bond donors (Lipinski definition) is 1. The fourth-order valence-electron chi connectivity index (χ4n) is 2.10. The molecule has 1 amide bonds. The van der Waals surface area contributed by atoms with E-state index < -0.39 is 0 Å². The topological polar surface area (TPSA) is 50.8 Å². The van der Waals surface area contributed by atoms with Crippen LogP contribution in [0.15, 0.2) is 17.8 Å². The Kier molecular flexibility index (Phi) is 5.26. The second-order valence-electron chi connectivity index (χ2n) is 4.50. The Morgan fingerprint density at radius 1 is 1.36 bits per heavy atom. The average molecular weight is 341 g/mol. The summed E-state index contributed by atoms with van der Waals surface area (Å²) in [5.41, 5.74) is 1.04. The molecular formula is C15H17ClN2O3S. The lowest BCUT2D eigenvalue weighted by molar-refractivity contribution is -0.122. The molecule has 0 saturated carbocycles. The molecule has 2 rings (SSSR count). The average Bonchev–Trinajstić information content (AvgIpc) is 2.76. The third kappa shape index (κ3) is 3.18. The quantitative estimate of drug-likeness (QED) is 0.660. The Morgan fingerprint density at radius 3 is 2.64 bits per heavy atom. The maximum Gasteiger partial charge on any atom is 0.276 e. The second-order valence-corrected chi connectivity index (χ2v) is 5.29. The lowest BCUT2D eigenvalue weighted by atomic mass is 10.1. The van der Waals surface area contributed by atoms with Crippen LogP contribution in [0.2, 0.25) is 5.02 Å². The molecule has 0 aromatic heterocycles. The minimum absolute atomic E-state index is 0.170. The summed E-state index contributed by atoms with van der Waals surface area (Å²) in [5.74, 6) is 0.948. The summed E-state index contributed by atoms with van der Waals surface area (Å²) in [6, 6.07) is 3.40. The third-order valence-electron chi connectivity index (χ3n) is 3.16. The summed E-state index contributed by atoms with van der Waals surface area (Å²) < 4.78 is 10.8. The first-order chi connectivity index (χ1) is 10.5. The number of rotatable bonds is 5. The molecule has 1 aliphatic heterocycles. The largest absolute Gasteiger partial charge is 0.493 e. The van der Waals surface area contributed by atoms with E-state index in [-0.39, 0.29) is 5.91 Å². The normalized spacial score (nSPS) is 16.2. The fourth-order valence-corrected chi connectivity index (χ4v) is 2.63. The number of nitrogens with one attached hydrogen (secondary N) is 1. The highest BCUT2D eigenvalue weighted by Gasteiger charge is 2.29. The molecule has 1 aliphatic rings. The van der Waals surface area contributed by atoms with Crippen molar-refractivity contribution in [3.8, 4) is 11.5 Å². The van der Waals surface area contributed by atoms with Crippen molar-refractivity contribution in [2.45, 2.75) is 13.8 Å². The molecule has 1 N–H and O–H groups in total. The number of likely N-dealkylation sites (N-methyl/N-ethyl adjacent to an activating group) is 1. The molecule has 22 heavy (non-hydrogen) atoms. The number of halogens is 1. The van der Waals surface area contributed by atoms with E-state index in [0.29, 0.717) is 46.0 Å². The monoisotopic (exact) mass is 340 g/mol. The maximum absolute atomic E-state index is 12.2. The Balaban J connectivity index is 2.39. The molecule has 1 aromatic rings. The van der Waals surface area contributed by atoms with Crippen LogP contribution in [0.25, 0.3) is 6.08 Å². The number of hydrogen-bond acceptors (Lipinski definition) is 4. The summed E-state index contributed by atoms with van der Waals surface area (Å²) in [5, 5.41) is 3.76. The summed E-state index contributed by atoms with van der Waals surface area (Å²) in [6.45, 7) is 4.77. The fraction of sp³-hybridized carbons (Fsp3) is 0.333. The highest BCUT2D eigenvalue weighted by molar-refractivity contribution is 7.80. The van der Waals surface area contributed by atoms with Gasteiger partial charge < -0.3 is 14.8 Å². The van der Waals surface area contributed by atoms with E-state index in [1.54, 1.807) is 25.3 Å². The van der Waals surface area contributed by atoms with Crippen molar-refractivity contribution in [3.05, 3.63) is 28.4 Å². The number of carbonyl (C=O) groups excluding carboxylic acids is 1. The Morgan fingerprint density at radius 2 is 2.09 bits per heavy atom. The Labute approximate surface area is 139 Å². The van der Waals surface area contributed by atoms with Gasteiger partial charge in [0.05, 0.1) is 18.7 Å². The van der Waals surface area contributed by atoms with Gasteiger partial charge in [0.15, 0.2) is 16.6 Å². The van der Waals surface area contributed by atoms with Crippen LogP contribution >= 0.6 is 23.8 Å². The van der Waals surface area contributed by atoms with E-state index in [0.717, 1.165) is 0 Å². The molecule has 1 saturated heterocycles.